The Kier molecular flexibility index (Phi) is 5.72. The fourth-order valence-corrected chi connectivity index (χ4v) is 3.90. The molecule has 28 heavy (non-hydrogen) atoms. The zero-order chi connectivity index (χ0) is 19.5. The number of piperazine rings is 1. The maximum atomic E-state index is 12.7. The van der Waals surface area contributed by atoms with Crippen molar-refractivity contribution in [3.05, 3.63) is 69.1 Å². The number of carbonyl (C=O) groups excluding carboxylic acids is 1. The van der Waals surface area contributed by atoms with Gasteiger partial charge in [-0.05, 0) is 53.3 Å². The van der Waals surface area contributed by atoms with E-state index in [1.165, 1.54) is 0 Å². The van der Waals surface area contributed by atoms with Crippen LogP contribution in [0.1, 0.15) is 21.8 Å². The van der Waals surface area contributed by atoms with Crippen LogP contribution in [0.5, 0.6) is 0 Å². The third-order valence-corrected chi connectivity index (χ3v) is 5.61. The minimum atomic E-state index is 0.0952. The van der Waals surface area contributed by atoms with Crippen LogP contribution in [-0.4, -0.2) is 52.0 Å². The van der Waals surface area contributed by atoms with Gasteiger partial charge in [0.1, 0.15) is 0 Å². The van der Waals surface area contributed by atoms with Crippen molar-refractivity contribution in [3.63, 3.8) is 0 Å². The minimum Gasteiger partial charge on any atom is -0.338 e. The third kappa shape index (κ3) is 4.25. The minimum absolute atomic E-state index is 0.0952. The monoisotopic (exact) mass is 488 g/mol. The first-order chi connectivity index (χ1) is 13.6. The molecule has 1 fully saturated rings. The molecule has 1 aromatic heterocycles. The summed E-state index contributed by atoms with van der Waals surface area (Å²) in [7, 11) is 0. The van der Waals surface area contributed by atoms with Crippen LogP contribution in [0.25, 0.3) is 11.4 Å². The van der Waals surface area contributed by atoms with Crippen molar-refractivity contribution in [3.8, 4) is 11.4 Å². The van der Waals surface area contributed by atoms with Gasteiger partial charge in [-0.15, -0.1) is 0 Å². The van der Waals surface area contributed by atoms with Crippen LogP contribution in [0.15, 0.2) is 53.1 Å². The molecule has 0 N–H and O–H groups in total. The van der Waals surface area contributed by atoms with Crippen molar-refractivity contribution in [1.29, 1.82) is 0 Å². The van der Waals surface area contributed by atoms with Gasteiger partial charge >= 0.3 is 0 Å². The molecule has 1 amide bonds. The standard InChI is InChI=1S/C21H21IN4O2/c1-15-5-2-3-8-18(15)20-23-19(28-24-20)14-25-9-11-26(12-10-25)21(27)16-6-4-7-17(22)13-16/h2-8,13H,9-12,14H2,1H3. The summed E-state index contributed by atoms with van der Waals surface area (Å²) in [4.78, 5) is 21.4. The summed E-state index contributed by atoms with van der Waals surface area (Å²) in [6.45, 7) is 5.61. The van der Waals surface area contributed by atoms with Crippen molar-refractivity contribution >= 4 is 28.5 Å². The number of amides is 1. The third-order valence-electron chi connectivity index (χ3n) is 4.94. The highest BCUT2D eigenvalue weighted by Gasteiger charge is 2.23. The van der Waals surface area contributed by atoms with E-state index in [2.05, 4.69) is 37.6 Å². The first-order valence-corrected chi connectivity index (χ1v) is 10.3. The molecule has 0 radical (unpaired) electrons. The number of nitrogens with zero attached hydrogens (tertiary/aromatic N) is 4. The Morgan fingerprint density at radius 2 is 1.89 bits per heavy atom. The second kappa shape index (κ2) is 8.40. The maximum absolute atomic E-state index is 12.7. The molecule has 0 unspecified atom stereocenters. The lowest BCUT2D eigenvalue weighted by molar-refractivity contribution is 0.0615. The molecule has 0 spiro atoms. The van der Waals surface area contributed by atoms with Gasteiger partial charge < -0.3 is 9.42 Å². The lowest BCUT2D eigenvalue weighted by Crippen LogP contribution is -2.48. The Bertz CT molecular complexity index is 980. The summed E-state index contributed by atoms with van der Waals surface area (Å²) >= 11 is 2.23. The zero-order valence-corrected chi connectivity index (χ0v) is 17.8. The average Bonchev–Trinajstić information content (AvgIpc) is 3.16. The summed E-state index contributed by atoms with van der Waals surface area (Å²) in [6, 6.07) is 15.7. The maximum Gasteiger partial charge on any atom is 0.253 e. The van der Waals surface area contributed by atoms with E-state index in [1.54, 1.807) is 0 Å². The van der Waals surface area contributed by atoms with Gasteiger partial charge in [0.2, 0.25) is 11.7 Å². The number of carbonyl (C=O) groups is 1. The highest BCUT2D eigenvalue weighted by atomic mass is 127. The van der Waals surface area contributed by atoms with Gasteiger partial charge in [0, 0.05) is 40.9 Å². The normalized spacial score (nSPS) is 15.0. The molecule has 0 atom stereocenters. The molecule has 7 heteroatoms. The number of aryl methyl sites for hydroxylation is 1. The first-order valence-electron chi connectivity index (χ1n) is 9.26. The topological polar surface area (TPSA) is 62.5 Å². The Balaban J connectivity index is 1.35. The van der Waals surface area contributed by atoms with Crippen LogP contribution in [0.3, 0.4) is 0 Å². The van der Waals surface area contributed by atoms with Crippen LogP contribution in [0.2, 0.25) is 0 Å². The molecule has 0 saturated carbocycles. The molecule has 0 aliphatic carbocycles. The summed E-state index contributed by atoms with van der Waals surface area (Å²) < 4.78 is 6.52. The van der Waals surface area contributed by atoms with Crippen molar-refractivity contribution < 1.29 is 9.32 Å². The summed E-state index contributed by atoms with van der Waals surface area (Å²) in [5.74, 6) is 1.33. The molecule has 1 saturated heterocycles. The highest BCUT2D eigenvalue weighted by Crippen LogP contribution is 2.20. The van der Waals surface area contributed by atoms with E-state index in [-0.39, 0.29) is 5.91 Å². The van der Waals surface area contributed by atoms with Gasteiger partial charge in [-0.25, -0.2) is 0 Å². The quantitative estimate of drug-likeness (QED) is 0.526. The molecular weight excluding hydrogens is 467 g/mol. The second-order valence-corrected chi connectivity index (χ2v) is 8.15. The molecule has 0 bridgehead atoms. The van der Waals surface area contributed by atoms with Crippen molar-refractivity contribution in [1.82, 2.24) is 19.9 Å². The number of benzene rings is 2. The lowest BCUT2D eigenvalue weighted by Gasteiger charge is -2.34. The predicted octanol–water partition coefficient (Wildman–Crippen LogP) is 3.61. The smallest absolute Gasteiger partial charge is 0.253 e. The van der Waals surface area contributed by atoms with Gasteiger partial charge in [0.15, 0.2) is 0 Å². The number of aromatic nitrogens is 2. The molecule has 3 aromatic rings. The van der Waals surface area contributed by atoms with E-state index in [1.807, 2.05) is 60.4 Å². The second-order valence-electron chi connectivity index (χ2n) is 6.91. The van der Waals surface area contributed by atoms with Gasteiger partial charge in [-0.3, -0.25) is 9.69 Å². The Morgan fingerprint density at radius 3 is 2.64 bits per heavy atom. The molecule has 1 aliphatic heterocycles. The number of hydrogen-bond donors (Lipinski definition) is 0. The van der Waals surface area contributed by atoms with Crippen LogP contribution >= 0.6 is 22.6 Å². The Morgan fingerprint density at radius 1 is 1.11 bits per heavy atom. The SMILES string of the molecule is Cc1ccccc1-c1noc(CN2CCN(C(=O)c3cccc(I)c3)CC2)n1. The number of rotatable bonds is 4. The van der Waals surface area contributed by atoms with Crippen molar-refractivity contribution in [2.24, 2.45) is 0 Å². The Hall–Kier alpha value is -2.26. The molecule has 6 nitrogen and oxygen atoms in total. The zero-order valence-electron chi connectivity index (χ0n) is 15.6. The van der Waals surface area contributed by atoms with Crippen LogP contribution < -0.4 is 0 Å². The fraction of sp³-hybridized carbons (Fsp3) is 0.286. The Labute approximate surface area is 177 Å². The van der Waals surface area contributed by atoms with Crippen LogP contribution in [0, 0.1) is 10.5 Å². The molecule has 4 rings (SSSR count). The van der Waals surface area contributed by atoms with Crippen molar-refractivity contribution in [2.75, 3.05) is 26.2 Å². The summed E-state index contributed by atoms with van der Waals surface area (Å²) in [6.07, 6.45) is 0. The molecule has 1 aliphatic rings. The van der Waals surface area contributed by atoms with E-state index >= 15 is 0 Å². The van der Waals surface area contributed by atoms with E-state index in [0.717, 1.165) is 33.4 Å². The summed E-state index contributed by atoms with van der Waals surface area (Å²) in [5.41, 5.74) is 2.86. The first kappa shape index (κ1) is 19.1. The van der Waals surface area contributed by atoms with Gasteiger partial charge in [-0.1, -0.05) is 35.5 Å². The number of hydrogen-bond acceptors (Lipinski definition) is 5. The molecule has 2 heterocycles. The average molecular weight is 488 g/mol. The predicted molar refractivity (Wildman–Crippen MR) is 115 cm³/mol. The van der Waals surface area contributed by atoms with E-state index in [0.29, 0.717) is 31.3 Å². The van der Waals surface area contributed by atoms with E-state index < -0.39 is 0 Å². The van der Waals surface area contributed by atoms with Crippen LogP contribution in [0.4, 0.5) is 0 Å². The van der Waals surface area contributed by atoms with Gasteiger partial charge in [0.05, 0.1) is 6.54 Å². The molecule has 144 valence electrons. The van der Waals surface area contributed by atoms with Gasteiger partial charge in [-0.2, -0.15) is 4.98 Å². The highest BCUT2D eigenvalue weighted by molar-refractivity contribution is 14.1. The van der Waals surface area contributed by atoms with Gasteiger partial charge in [0.25, 0.3) is 5.91 Å². The number of halogens is 1. The van der Waals surface area contributed by atoms with E-state index in [4.69, 9.17) is 4.52 Å². The molecular formula is C21H21IN4O2. The van der Waals surface area contributed by atoms with Crippen LogP contribution in [-0.2, 0) is 6.54 Å². The summed E-state index contributed by atoms with van der Waals surface area (Å²) in [5, 5.41) is 4.13. The largest absolute Gasteiger partial charge is 0.338 e. The van der Waals surface area contributed by atoms with E-state index in [9.17, 15) is 4.79 Å². The van der Waals surface area contributed by atoms with Crippen molar-refractivity contribution in [2.45, 2.75) is 13.5 Å². The lowest BCUT2D eigenvalue weighted by atomic mass is 10.1. The molecule has 2 aromatic carbocycles. The fourth-order valence-electron chi connectivity index (χ4n) is 3.36.